The van der Waals surface area contributed by atoms with Crippen molar-refractivity contribution in [2.75, 3.05) is 6.54 Å². The number of urea groups is 1. The first-order valence-electron chi connectivity index (χ1n) is 7.83. The molecule has 7 nitrogen and oxygen atoms in total. The van der Waals surface area contributed by atoms with Gasteiger partial charge < -0.3 is 16.4 Å². The highest BCUT2D eigenvalue weighted by Gasteiger charge is 2.13. The smallest absolute Gasteiger partial charge is 0.312 e. The van der Waals surface area contributed by atoms with Crippen molar-refractivity contribution in [3.63, 3.8) is 0 Å². The maximum absolute atomic E-state index is 11.8. The molecule has 0 spiro atoms. The number of rotatable bonds is 6. The van der Waals surface area contributed by atoms with Crippen LogP contribution < -0.4 is 16.4 Å². The van der Waals surface area contributed by atoms with Crippen molar-refractivity contribution in [3.8, 4) is 5.69 Å². The van der Waals surface area contributed by atoms with E-state index < -0.39 is 12.1 Å². The van der Waals surface area contributed by atoms with Crippen LogP contribution >= 0.6 is 0 Å². The number of nitrogens with two attached hydrogens (primary N) is 1. The molecule has 1 heterocycles. The van der Waals surface area contributed by atoms with Gasteiger partial charge >= 0.3 is 6.03 Å². The predicted octanol–water partition coefficient (Wildman–Crippen LogP) is 1.20. The van der Waals surface area contributed by atoms with Gasteiger partial charge in [0.2, 0.25) is 5.91 Å². The lowest BCUT2D eigenvalue weighted by Gasteiger charge is -2.12. The number of amides is 3. The van der Waals surface area contributed by atoms with Crippen molar-refractivity contribution < 1.29 is 9.59 Å². The number of primary amides is 1. The Morgan fingerprint density at radius 1 is 1.25 bits per heavy atom. The summed E-state index contributed by atoms with van der Waals surface area (Å²) in [6.45, 7) is 6.06. The van der Waals surface area contributed by atoms with Crippen LogP contribution in [0.5, 0.6) is 0 Å². The van der Waals surface area contributed by atoms with Crippen LogP contribution in [0.4, 0.5) is 4.79 Å². The number of benzene rings is 1. The van der Waals surface area contributed by atoms with Gasteiger partial charge in [0.25, 0.3) is 0 Å². The van der Waals surface area contributed by atoms with Gasteiger partial charge in [0.15, 0.2) is 0 Å². The molecule has 4 N–H and O–H groups in total. The van der Waals surface area contributed by atoms with Gasteiger partial charge in [-0.3, -0.25) is 4.79 Å². The molecule has 0 saturated heterocycles. The molecule has 128 valence electrons. The Kier molecular flexibility index (Phi) is 5.57. The van der Waals surface area contributed by atoms with E-state index in [0.717, 1.165) is 22.6 Å². The van der Waals surface area contributed by atoms with Gasteiger partial charge in [-0.2, -0.15) is 5.10 Å². The van der Waals surface area contributed by atoms with E-state index in [-0.39, 0.29) is 5.91 Å². The molecule has 3 amide bonds. The Hall–Kier alpha value is -2.83. The average Bonchev–Trinajstić information content (AvgIpc) is 2.85. The highest BCUT2D eigenvalue weighted by molar-refractivity contribution is 5.86. The molecule has 2 rings (SSSR count). The number of hydrogen-bond acceptors (Lipinski definition) is 3. The standard InChI is InChI=1S/C17H23N5O2/c1-11-10-12(2)22(21-11)15-6-4-14(5-7-15)8-9-19-16(23)13(3)20-17(18)24/h4-7,10,13H,8-9H2,1-3H3,(H,19,23)(H3,18,20,24)/t13-/m0/s1. The second-order valence-corrected chi connectivity index (χ2v) is 5.78. The Labute approximate surface area is 141 Å². The van der Waals surface area contributed by atoms with E-state index in [4.69, 9.17) is 5.73 Å². The fourth-order valence-corrected chi connectivity index (χ4v) is 2.46. The number of aromatic nitrogens is 2. The number of carbonyl (C=O) groups excluding carboxylic acids is 2. The first kappa shape index (κ1) is 17.5. The molecule has 7 heteroatoms. The Bertz CT molecular complexity index is 721. The topological polar surface area (TPSA) is 102 Å². The highest BCUT2D eigenvalue weighted by Crippen LogP contribution is 2.13. The fourth-order valence-electron chi connectivity index (χ4n) is 2.46. The largest absolute Gasteiger partial charge is 0.354 e. The molecule has 24 heavy (non-hydrogen) atoms. The van der Waals surface area contributed by atoms with Crippen molar-refractivity contribution in [3.05, 3.63) is 47.3 Å². The third kappa shape index (κ3) is 4.58. The molecular formula is C17H23N5O2. The summed E-state index contributed by atoms with van der Waals surface area (Å²) in [6.07, 6.45) is 0.701. The normalized spacial score (nSPS) is 11.8. The Balaban J connectivity index is 1.87. The van der Waals surface area contributed by atoms with E-state index in [9.17, 15) is 9.59 Å². The summed E-state index contributed by atoms with van der Waals surface area (Å²) in [5.41, 5.74) is 9.17. The fraction of sp³-hybridized carbons (Fsp3) is 0.353. The summed E-state index contributed by atoms with van der Waals surface area (Å²) in [4.78, 5) is 22.5. The lowest BCUT2D eigenvalue weighted by atomic mass is 10.1. The molecule has 0 radical (unpaired) electrons. The minimum Gasteiger partial charge on any atom is -0.354 e. The third-order valence-corrected chi connectivity index (χ3v) is 3.66. The molecular weight excluding hydrogens is 306 g/mol. The summed E-state index contributed by atoms with van der Waals surface area (Å²) in [7, 11) is 0. The van der Waals surface area contributed by atoms with Crippen LogP contribution in [0.15, 0.2) is 30.3 Å². The zero-order valence-corrected chi connectivity index (χ0v) is 14.2. The monoisotopic (exact) mass is 329 g/mol. The van der Waals surface area contributed by atoms with Crippen molar-refractivity contribution in [1.29, 1.82) is 0 Å². The highest BCUT2D eigenvalue weighted by atomic mass is 16.2. The van der Waals surface area contributed by atoms with Crippen LogP contribution in [-0.2, 0) is 11.2 Å². The van der Waals surface area contributed by atoms with Crippen LogP contribution in [-0.4, -0.2) is 34.3 Å². The van der Waals surface area contributed by atoms with Crippen LogP contribution in [0, 0.1) is 13.8 Å². The minimum atomic E-state index is -0.711. The Morgan fingerprint density at radius 3 is 2.46 bits per heavy atom. The molecule has 0 aliphatic carbocycles. The van der Waals surface area contributed by atoms with Gasteiger partial charge in [0.1, 0.15) is 6.04 Å². The van der Waals surface area contributed by atoms with E-state index in [0.29, 0.717) is 13.0 Å². The molecule has 1 atom stereocenters. The van der Waals surface area contributed by atoms with Crippen LogP contribution in [0.3, 0.4) is 0 Å². The summed E-state index contributed by atoms with van der Waals surface area (Å²) in [5, 5.41) is 9.56. The van der Waals surface area contributed by atoms with Crippen molar-refractivity contribution in [2.45, 2.75) is 33.2 Å². The molecule has 0 unspecified atom stereocenters. The first-order valence-corrected chi connectivity index (χ1v) is 7.83. The number of nitrogens with one attached hydrogen (secondary N) is 2. The van der Waals surface area contributed by atoms with Crippen LogP contribution in [0.25, 0.3) is 5.69 Å². The molecule has 0 bridgehead atoms. The Morgan fingerprint density at radius 2 is 1.92 bits per heavy atom. The van der Waals surface area contributed by atoms with Crippen molar-refractivity contribution in [2.24, 2.45) is 5.73 Å². The SMILES string of the molecule is Cc1cc(C)n(-c2ccc(CCNC(=O)[C@H](C)NC(N)=O)cc2)n1. The van der Waals surface area contributed by atoms with Gasteiger partial charge in [0.05, 0.1) is 11.4 Å². The number of carbonyl (C=O) groups is 2. The lowest BCUT2D eigenvalue weighted by Crippen LogP contribution is -2.47. The van der Waals surface area contributed by atoms with E-state index in [1.165, 1.54) is 0 Å². The third-order valence-electron chi connectivity index (χ3n) is 3.66. The molecule has 0 saturated carbocycles. The van der Waals surface area contributed by atoms with E-state index in [1.807, 2.05) is 48.9 Å². The number of aryl methyl sites for hydroxylation is 2. The zero-order chi connectivity index (χ0) is 17.7. The zero-order valence-electron chi connectivity index (χ0n) is 14.2. The van der Waals surface area contributed by atoms with Gasteiger partial charge in [-0.05, 0) is 51.0 Å². The molecule has 0 aliphatic rings. The summed E-state index contributed by atoms with van der Waals surface area (Å²) >= 11 is 0. The van der Waals surface area contributed by atoms with Crippen LogP contribution in [0.1, 0.15) is 23.9 Å². The van der Waals surface area contributed by atoms with E-state index >= 15 is 0 Å². The first-order chi connectivity index (χ1) is 11.4. The summed E-state index contributed by atoms with van der Waals surface area (Å²) in [6, 6.07) is 8.73. The van der Waals surface area contributed by atoms with Gasteiger partial charge in [-0.15, -0.1) is 0 Å². The maximum atomic E-state index is 11.8. The molecule has 1 aromatic carbocycles. The maximum Gasteiger partial charge on any atom is 0.312 e. The average molecular weight is 329 g/mol. The molecule has 0 fully saturated rings. The van der Waals surface area contributed by atoms with Gasteiger partial charge in [0, 0.05) is 12.2 Å². The minimum absolute atomic E-state index is 0.256. The second-order valence-electron chi connectivity index (χ2n) is 5.78. The van der Waals surface area contributed by atoms with Crippen molar-refractivity contribution >= 4 is 11.9 Å². The number of hydrogen-bond donors (Lipinski definition) is 3. The van der Waals surface area contributed by atoms with E-state index in [2.05, 4.69) is 15.7 Å². The summed E-state index contributed by atoms with van der Waals surface area (Å²) in [5.74, 6) is -0.256. The van der Waals surface area contributed by atoms with E-state index in [1.54, 1.807) is 6.92 Å². The predicted molar refractivity (Wildman–Crippen MR) is 91.9 cm³/mol. The lowest BCUT2D eigenvalue weighted by molar-refractivity contribution is -0.122. The summed E-state index contributed by atoms with van der Waals surface area (Å²) < 4.78 is 1.90. The van der Waals surface area contributed by atoms with Crippen molar-refractivity contribution in [1.82, 2.24) is 20.4 Å². The molecule has 2 aromatic rings. The second kappa shape index (κ2) is 7.63. The van der Waals surface area contributed by atoms with Crippen LogP contribution in [0.2, 0.25) is 0 Å². The quantitative estimate of drug-likeness (QED) is 0.742. The molecule has 1 aromatic heterocycles. The molecule has 0 aliphatic heterocycles. The van der Waals surface area contributed by atoms with Gasteiger partial charge in [-0.1, -0.05) is 12.1 Å². The van der Waals surface area contributed by atoms with Gasteiger partial charge in [-0.25, -0.2) is 9.48 Å². The number of nitrogens with zero attached hydrogens (tertiary/aromatic N) is 2.